The third-order valence-electron chi connectivity index (χ3n) is 7.33. The highest BCUT2D eigenvalue weighted by Gasteiger charge is 2.47. The van der Waals surface area contributed by atoms with E-state index in [1.165, 1.54) is 0 Å². The Hall–Kier alpha value is -3.85. The minimum atomic E-state index is -0.965. The lowest BCUT2D eigenvalue weighted by Crippen LogP contribution is -2.48. The van der Waals surface area contributed by atoms with E-state index in [2.05, 4.69) is 15.5 Å². The fourth-order valence-corrected chi connectivity index (χ4v) is 4.86. The summed E-state index contributed by atoms with van der Waals surface area (Å²) in [7, 11) is 3.75. The normalized spacial score (nSPS) is 17.2. The molecule has 0 bridgehead atoms. The quantitative estimate of drug-likeness (QED) is 0.521. The number of anilines is 1. The molecule has 0 saturated carbocycles. The molecule has 2 aliphatic heterocycles. The maximum absolute atomic E-state index is 13.5. The SMILES string of the molecule is CN(C)C(C)(OC(=O)N1Cc2c(NC(=O)c3cccc4c3OCC4)n[nH]c2C1(C)C)c1ccccc1. The van der Waals surface area contributed by atoms with Crippen molar-refractivity contribution in [2.45, 2.75) is 45.0 Å². The molecule has 1 unspecified atom stereocenters. The molecule has 188 valence electrons. The van der Waals surface area contributed by atoms with Gasteiger partial charge in [0.2, 0.25) is 0 Å². The fourth-order valence-electron chi connectivity index (χ4n) is 4.86. The second-order valence-corrected chi connectivity index (χ2v) is 10.0. The van der Waals surface area contributed by atoms with Crippen LogP contribution in [0.3, 0.4) is 0 Å². The summed E-state index contributed by atoms with van der Waals surface area (Å²) in [5.74, 6) is 0.718. The van der Waals surface area contributed by atoms with Crippen molar-refractivity contribution < 1.29 is 19.1 Å². The predicted molar refractivity (Wildman–Crippen MR) is 135 cm³/mol. The van der Waals surface area contributed by atoms with Gasteiger partial charge < -0.3 is 14.8 Å². The van der Waals surface area contributed by atoms with Crippen LogP contribution in [0.2, 0.25) is 0 Å². The fraction of sp³-hybridized carbons (Fsp3) is 0.370. The molecule has 0 aliphatic carbocycles. The first-order valence-corrected chi connectivity index (χ1v) is 12.0. The zero-order valence-corrected chi connectivity index (χ0v) is 21.2. The molecule has 0 saturated heterocycles. The van der Waals surface area contributed by atoms with Crippen molar-refractivity contribution >= 4 is 17.8 Å². The Morgan fingerprint density at radius 1 is 1.17 bits per heavy atom. The molecule has 0 fully saturated rings. The van der Waals surface area contributed by atoms with E-state index in [4.69, 9.17) is 9.47 Å². The molecular weight excluding hydrogens is 458 g/mol. The Bertz CT molecular complexity index is 1320. The highest BCUT2D eigenvalue weighted by molar-refractivity contribution is 6.06. The van der Waals surface area contributed by atoms with Crippen LogP contribution >= 0.6 is 0 Å². The monoisotopic (exact) mass is 489 g/mol. The second-order valence-electron chi connectivity index (χ2n) is 10.0. The maximum atomic E-state index is 13.5. The number of benzene rings is 2. The Morgan fingerprint density at radius 3 is 2.64 bits per heavy atom. The van der Waals surface area contributed by atoms with Gasteiger partial charge in [-0.2, -0.15) is 5.10 Å². The summed E-state index contributed by atoms with van der Waals surface area (Å²) in [6.07, 6.45) is 0.324. The van der Waals surface area contributed by atoms with Crippen molar-refractivity contribution in [2.24, 2.45) is 0 Å². The number of nitrogens with zero attached hydrogens (tertiary/aromatic N) is 3. The molecule has 2 amide bonds. The number of carbonyl (C=O) groups is 2. The number of aromatic amines is 1. The van der Waals surface area contributed by atoms with E-state index in [0.29, 0.717) is 23.7 Å². The molecule has 1 aromatic heterocycles. The number of H-pyrrole nitrogens is 1. The number of aromatic nitrogens is 2. The number of nitrogens with one attached hydrogen (secondary N) is 2. The molecular formula is C27H31N5O4. The molecule has 3 heterocycles. The number of fused-ring (bicyclic) bond motifs is 2. The predicted octanol–water partition coefficient (Wildman–Crippen LogP) is 4.22. The number of ether oxygens (including phenoxy) is 2. The van der Waals surface area contributed by atoms with Crippen molar-refractivity contribution in [1.82, 2.24) is 20.0 Å². The third kappa shape index (κ3) is 3.80. The Kier molecular flexibility index (Phi) is 5.75. The van der Waals surface area contributed by atoms with Crippen molar-refractivity contribution in [3.8, 4) is 5.75 Å². The van der Waals surface area contributed by atoms with Crippen LogP contribution in [0.15, 0.2) is 48.5 Å². The number of hydrogen-bond acceptors (Lipinski definition) is 6. The molecule has 9 nitrogen and oxygen atoms in total. The van der Waals surface area contributed by atoms with Gasteiger partial charge in [0.05, 0.1) is 29.9 Å². The largest absolute Gasteiger partial charge is 0.492 e. The minimum absolute atomic E-state index is 0.245. The Labute approximate surface area is 210 Å². The zero-order valence-electron chi connectivity index (χ0n) is 21.2. The summed E-state index contributed by atoms with van der Waals surface area (Å²) in [6.45, 7) is 6.54. The van der Waals surface area contributed by atoms with Gasteiger partial charge >= 0.3 is 6.09 Å². The van der Waals surface area contributed by atoms with Crippen LogP contribution in [0, 0.1) is 0 Å². The van der Waals surface area contributed by atoms with Crippen molar-refractivity contribution in [1.29, 1.82) is 0 Å². The Morgan fingerprint density at radius 2 is 1.92 bits per heavy atom. The van der Waals surface area contributed by atoms with E-state index < -0.39 is 17.4 Å². The van der Waals surface area contributed by atoms with Gasteiger partial charge in [-0.05, 0) is 46.5 Å². The second kappa shape index (κ2) is 8.67. The van der Waals surface area contributed by atoms with E-state index in [9.17, 15) is 9.59 Å². The first-order valence-electron chi connectivity index (χ1n) is 12.0. The molecule has 0 radical (unpaired) electrons. The maximum Gasteiger partial charge on any atom is 0.412 e. The number of rotatable bonds is 5. The molecule has 3 aromatic rings. The first-order chi connectivity index (χ1) is 17.1. The van der Waals surface area contributed by atoms with Gasteiger partial charge in [-0.3, -0.25) is 19.7 Å². The van der Waals surface area contributed by atoms with E-state index >= 15 is 0 Å². The topological polar surface area (TPSA) is 99.8 Å². The lowest BCUT2D eigenvalue weighted by atomic mass is 10.0. The van der Waals surface area contributed by atoms with E-state index in [-0.39, 0.29) is 12.5 Å². The van der Waals surface area contributed by atoms with Crippen molar-refractivity contribution in [3.05, 3.63) is 76.5 Å². The molecule has 5 rings (SSSR count). The number of carbonyl (C=O) groups excluding carboxylic acids is 2. The molecule has 2 N–H and O–H groups in total. The van der Waals surface area contributed by atoms with Crippen LogP contribution in [-0.2, 0) is 29.0 Å². The number of amides is 2. The van der Waals surface area contributed by atoms with E-state index in [1.54, 1.807) is 11.0 Å². The standard InChI is InChI=1S/C27H31N5O4/c1-26(2)22-20(16-32(26)25(34)36-27(3,31(4)5)18-11-7-6-8-12-18)23(30-29-22)28-24(33)19-13-9-10-17-14-15-35-21(17)19/h6-13H,14-16H2,1-5H3,(H2,28,29,30,33). The Balaban J connectivity index is 1.38. The summed E-state index contributed by atoms with van der Waals surface area (Å²) < 4.78 is 11.8. The van der Waals surface area contributed by atoms with E-state index in [0.717, 1.165) is 28.8 Å². The zero-order chi connectivity index (χ0) is 25.7. The molecule has 36 heavy (non-hydrogen) atoms. The summed E-state index contributed by atoms with van der Waals surface area (Å²) in [6, 6.07) is 15.2. The highest BCUT2D eigenvalue weighted by atomic mass is 16.6. The molecule has 1 atom stereocenters. The number of hydrogen-bond donors (Lipinski definition) is 2. The van der Waals surface area contributed by atoms with Crippen LogP contribution in [0.1, 0.15) is 53.5 Å². The molecule has 9 heteroatoms. The highest BCUT2D eigenvalue weighted by Crippen LogP contribution is 2.42. The van der Waals surface area contributed by atoms with Gasteiger partial charge in [-0.25, -0.2) is 4.79 Å². The van der Waals surface area contributed by atoms with Crippen molar-refractivity contribution in [3.63, 3.8) is 0 Å². The molecule has 2 aliphatic rings. The van der Waals surface area contributed by atoms with Gasteiger partial charge in [0, 0.05) is 17.5 Å². The van der Waals surface area contributed by atoms with Crippen LogP contribution in [0.25, 0.3) is 0 Å². The molecule has 0 spiro atoms. The smallest absolute Gasteiger partial charge is 0.412 e. The minimum Gasteiger partial charge on any atom is -0.492 e. The summed E-state index contributed by atoms with van der Waals surface area (Å²) in [5, 5.41) is 10.3. The summed E-state index contributed by atoms with van der Waals surface area (Å²) >= 11 is 0. The summed E-state index contributed by atoms with van der Waals surface area (Å²) in [4.78, 5) is 30.2. The van der Waals surface area contributed by atoms with E-state index in [1.807, 2.05) is 82.2 Å². The van der Waals surface area contributed by atoms with Crippen LogP contribution in [0.4, 0.5) is 10.6 Å². The molecule has 2 aromatic carbocycles. The van der Waals surface area contributed by atoms with Gasteiger partial charge in [0.15, 0.2) is 11.5 Å². The summed E-state index contributed by atoms with van der Waals surface area (Å²) in [5.41, 5.74) is 2.19. The van der Waals surface area contributed by atoms with Gasteiger partial charge in [0.1, 0.15) is 5.75 Å². The first kappa shape index (κ1) is 23.9. The van der Waals surface area contributed by atoms with Crippen LogP contribution in [-0.4, -0.2) is 52.7 Å². The van der Waals surface area contributed by atoms with Gasteiger partial charge in [-0.1, -0.05) is 42.5 Å². The van der Waals surface area contributed by atoms with Gasteiger partial charge in [0.25, 0.3) is 5.91 Å². The third-order valence-corrected chi connectivity index (χ3v) is 7.33. The lowest BCUT2D eigenvalue weighted by Gasteiger charge is -2.39. The average molecular weight is 490 g/mol. The average Bonchev–Trinajstić information content (AvgIpc) is 3.55. The van der Waals surface area contributed by atoms with Crippen molar-refractivity contribution in [2.75, 3.05) is 26.0 Å². The lowest BCUT2D eigenvalue weighted by molar-refractivity contribution is -0.0998. The number of para-hydroxylation sites is 1. The van der Waals surface area contributed by atoms with Gasteiger partial charge in [-0.15, -0.1) is 0 Å². The van der Waals surface area contributed by atoms with Crippen LogP contribution < -0.4 is 10.1 Å². The van der Waals surface area contributed by atoms with Crippen LogP contribution in [0.5, 0.6) is 5.75 Å².